The molecule has 0 heteroatoms. The topological polar surface area (TPSA) is 0 Å². The SMILES string of the molecule is C=CCC1CC1CCC. The molecule has 1 fully saturated rings. The van der Waals surface area contributed by atoms with Gasteiger partial charge in [0.2, 0.25) is 0 Å². The fourth-order valence-electron chi connectivity index (χ4n) is 1.54. The van der Waals surface area contributed by atoms with Gasteiger partial charge in [-0.2, -0.15) is 0 Å². The Hall–Kier alpha value is -0.260. The van der Waals surface area contributed by atoms with E-state index in [0.717, 1.165) is 11.8 Å². The van der Waals surface area contributed by atoms with E-state index in [1.165, 1.54) is 25.7 Å². The molecule has 2 unspecified atom stereocenters. The molecule has 0 aromatic rings. The monoisotopic (exact) mass is 124 g/mol. The minimum absolute atomic E-state index is 1.02. The Bertz CT molecular complexity index is 94.2. The van der Waals surface area contributed by atoms with Crippen molar-refractivity contribution in [2.45, 2.75) is 32.6 Å². The van der Waals surface area contributed by atoms with Gasteiger partial charge in [0.05, 0.1) is 0 Å². The lowest BCUT2D eigenvalue weighted by Gasteiger charge is -1.91. The highest BCUT2D eigenvalue weighted by Gasteiger charge is 2.33. The van der Waals surface area contributed by atoms with Crippen molar-refractivity contribution in [3.8, 4) is 0 Å². The van der Waals surface area contributed by atoms with Gasteiger partial charge in [-0.15, -0.1) is 6.58 Å². The second-order valence-corrected chi connectivity index (χ2v) is 3.07. The van der Waals surface area contributed by atoms with Crippen molar-refractivity contribution in [3.05, 3.63) is 12.7 Å². The predicted octanol–water partition coefficient (Wildman–Crippen LogP) is 3.00. The zero-order valence-electron chi connectivity index (χ0n) is 6.27. The third-order valence-electron chi connectivity index (χ3n) is 2.20. The van der Waals surface area contributed by atoms with Crippen molar-refractivity contribution in [2.75, 3.05) is 0 Å². The molecule has 0 N–H and O–H groups in total. The Morgan fingerprint density at radius 3 is 2.89 bits per heavy atom. The molecule has 0 spiro atoms. The molecule has 52 valence electrons. The quantitative estimate of drug-likeness (QED) is 0.505. The average molecular weight is 124 g/mol. The molecule has 0 aromatic carbocycles. The van der Waals surface area contributed by atoms with Crippen LogP contribution in [-0.4, -0.2) is 0 Å². The minimum Gasteiger partial charge on any atom is -0.103 e. The van der Waals surface area contributed by atoms with Gasteiger partial charge in [0, 0.05) is 0 Å². The Balaban J connectivity index is 2.02. The molecule has 1 rings (SSSR count). The van der Waals surface area contributed by atoms with Crippen LogP contribution in [0.4, 0.5) is 0 Å². The first-order valence-electron chi connectivity index (χ1n) is 3.99. The molecule has 2 atom stereocenters. The van der Waals surface area contributed by atoms with Crippen molar-refractivity contribution in [1.82, 2.24) is 0 Å². The van der Waals surface area contributed by atoms with Gasteiger partial charge in [0.1, 0.15) is 0 Å². The number of hydrogen-bond donors (Lipinski definition) is 0. The summed E-state index contributed by atoms with van der Waals surface area (Å²) in [7, 11) is 0. The fourth-order valence-corrected chi connectivity index (χ4v) is 1.54. The highest BCUT2D eigenvalue weighted by Crippen LogP contribution is 2.44. The predicted molar refractivity (Wildman–Crippen MR) is 41.3 cm³/mol. The first kappa shape index (κ1) is 6.85. The van der Waals surface area contributed by atoms with E-state index in [9.17, 15) is 0 Å². The van der Waals surface area contributed by atoms with Gasteiger partial charge >= 0.3 is 0 Å². The second kappa shape index (κ2) is 3.05. The molecule has 0 heterocycles. The van der Waals surface area contributed by atoms with Crippen LogP contribution in [0, 0.1) is 11.8 Å². The molecule has 0 nitrogen and oxygen atoms in total. The van der Waals surface area contributed by atoms with Crippen molar-refractivity contribution in [2.24, 2.45) is 11.8 Å². The Morgan fingerprint density at radius 2 is 2.33 bits per heavy atom. The number of allylic oxidation sites excluding steroid dienone is 1. The van der Waals surface area contributed by atoms with E-state index in [2.05, 4.69) is 19.6 Å². The van der Waals surface area contributed by atoms with E-state index in [4.69, 9.17) is 0 Å². The van der Waals surface area contributed by atoms with Crippen LogP contribution in [0.3, 0.4) is 0 Å². The van der Waals surface area contributed by atoms with Crippen molar-refractivity contribution < 1.29 is 0 Å². The lowest BCUT2D eigenvalue weighted by Crippen LogP contribution is -1.78. The smallest absolute Gasteiger partial charge is 0.0322 e. The van der Waals surface area contributed by atoms with Gasteiger partial charge < -0.3 is 0 Å². The van der Waals surface area contributed by atoms with E-state index < -0.39 is 0 Å². The summed E-state index contributed by atoms with van der Waals surface area (Å²) in [6.07, 6.45) is 7.58. The van der Waals surface area contributed by atoms with E-state index in [-0.39, 0.29) is 0 Å². The molecule has 0 amide bonds. The molecular weight excluding hydrogens is 108 g/mol. The highest BCUT2D eigenvalue weighted by atomic mass is 14.4. The van der Waals surface area contributed by atoms with Gasteiger partial charge in [0.25, 0.3) is 0 Å². The third kappa shape index (κ3) is 1.85. The third-order valence-corrected chi connectivity index (χ3v) is 2.20. The summed E-state index contributed by atoms with van der Waals surface area (Å²) in [5, 5.41) is 0. The molecule has 0 aliphatic heterocycles. The lowest BCUT2D eigenvalue weighted by molar-refractivity contribution is 0.637. The summed E-state index contributed by atoms with van der Waals surface area (Å²) in [6.45, 7) is 6.00. The van der Waals surface area contributed by atoms with E-state index in [1.54, 1.807) is 0 Å². The normalized spacial score (nSPS) is 32.1. The van der Waals surface area contributed by atoms with E-state index in [0.29, 0.717) is 0 Å². The van der Waals surface area contributed by atoms with Gasteiger partial charge in [-0.25, -0.2) is 0 Å². The summed E-state index contributed by atoms with van der Waals surface area (Å²) in [5.41, 5.74) is 0. The molecule has 0 bridgehead atoms. The minimum atomic E-state index is 1.02. The van der Waals surface area contributed by atoms with Gasteiger partial charge in [-0.3, -0.25) is 0 Å². The second-order valence-electron chi connectivity index (χ2n) is 3.07. The Morgan fingerprint density at radius 1 is 1.56 bits per heavy atom. The standard InChI is InChI=1S/C9H16/c1-3-5-8-7-9(8)6-4-2/h3,8-9H,1,4-7H2,2H3. The maximum atomic E-state index is 3.74. The maximum Gasteiger partial charge on any atom is -0.0322 e. The molecule has 9 heavy (non-hydrogen) atoms. The molecule has 0 radical (unpaired) electrons. The molecule has 1 aliphatic carbocycles. The summed E-state index contributed by atoms with van der Waals surface area (Å²) in [4.78, 5) is 0. The Labute approximate surface area is 58.0 Å². The van der Waals surface area contributed by atoms with E-state index >= 15 is 0 Å². The van der Waals surface area contributed by atoms with Crippen LogP contribution in [0.25, 0.3) is 0 Å². The summed E-state index contributed by atoms with van der Waals surface area (Å²) in [6, 6.07) is 0. The number of rotatable bonds is 4. The molecule has 0 aromatic heterocycles. The number of hydrogen-bond acceptors (Lipinski definition) is 0. The van der Waals surface area contributed by atoms with Crippen LogP contribution in [-0.2, 0) is 0 Å². The van der Waals surface area contributed by atoms with Crippen molar-refractivity contribution >= 4 is 0 Å². The Kier molecular flexibility index (Phi) is 2.32. The van der Waals surface area contributed by atoms with Crippen LogP contribution in [0.5, 0.6) is 0 Å². The molecule has 1 aliphatic rings. The zero-order valence-corrected chi connectivity index (χ0v) is 6.27. The van der Waals surface area contributed by atoms with Crippen LogP contribution in [0.1, 0.15) is 32.6 Å². The maximum absolute atomic E-state index is 3.74. The summed E-state index contributed by atoms with van der Waals surface area (Å²) in [5.74, 6) is 2.08. The van der Waals surface area contributed by atoms with Gasteiger partial charge in [-0.1, -0.05) is 25.8 Å². The average Bonchev–Trinajstić information content (AvgIpc) is 2.50. The van der Waals surface area contributed by atoms with E-state index in [1.807, 2.05) is 0 Å². The van der Waals surface area contributed by atoms with Crippen LogP contribution in [0.2, 0.25) is 0 Å². The highest BCUT2D eigenvalue weighted by molar-refractivity contribution is 4.90. The first-order chi connectivity index (χ1) is 4.38. The molecule has 0 saturated heterocycles. The lowest BCUT2D eigenvalue weighted by atomic mass is 10.2. The van der Waals surface area contributed by atoms with Crippen LogP contribution in [0.15, 0.2) is 12.7 Å². The molecular formula is C9H16. The summed E-state index contributed by atoms with van der Waals surface area (Å²) < 4.78 is 0. The van der Waals surface area contributed by atoms with Gasteiger partial charge in [0.15, 0.2) is 0 Å². The fraction of sp³-hybridized carbons (Fsp3) is 0.778. The van der Waals surface area contributed by atoms with Crippen LogP contribution >= 0.6 is 0 Å². The van der Waals surface area contributed by atoms with Crippen molar-refractivity contribution in [1.29, 1.82) is 0 Å². The summed E-state index contributed by atoms with van der Waals surface area (Å²) >= 11 is 0. The zero-order chi connectivity index (χ0) is 6.69. The van der Waals surface area contributed by atoms with Crippen molar-refractivity contribution in [3.63, 3.8) is 0 Å². The van der Waals surface area contributed by atoms with Gasteiger partial charge in [-0.05, 0) is 24.7 Å². The largest absolute Gasteiger partial charge is 0.103 e. The molecule has 1 saturated carbocycles. The first-order valence-corrected chi connectivity index (χ1v) is 3.99. The van der Waals surface area contributed by atoms with Crippen LogP contribution < -0.4 is 0 Å².